The SMILES string of the molecule is C=C(C)C(=O)Oc1ccc(C(=O)O)c([C@H]2CC[C@@]3(C)C(=CC[C@H]4[C@@H]5CC[C@H]([C@H](C)CCCC(C)C)[C@@]5(C)CC[C@@H]43)C2)c1. The lowest BCUT2D eigenvalue weighted by Crippen LogP contribution is -2.50. The van der Waals surface area contributed by atoms with E-state index < -0.39 is 11.9 Å². The number of allylic oxidation sites excluding steroid dienone is 2. The van der Waals surface area contributed by atoms with Crippen LogP contribution in [0.5, 0.6) is 5.75 Å². The number of rotatable bonds is 9. The van der Waals surface area contributed by atoms with Gasteiger partial charge in [0.1, 0.15) is 5.75 Å². The van der Waals surface area contributed by atoms with Gasteiger partial charge in [0.25, 0.3) is 0 Å². The molecule has 1 aromatic rings. The summed E-state index contributed by atoms with van der Waals surface area (Å²) in [5.74, 6) is 3.95. The first kappa shape index (κ1) is 31.1. The summed E-state index contributed by atoms with van der Waals surface area (Å²) in [6, 6.07) is 4.97. The molecular weight excluding hydrogens is 520 g/mol. The molecule has 0 radical (unpaired) electrons. The summed E-state index contributed by atoms with van der Waals surface area (Å²) in [7, 11) is 0. The third kappa shape index (κ3) is 5.64. The van der Waals surface area contributed by atoms with Gasteiger partial charge < -0.3 is 9.84 Å². The summed E-state index contributed by atoms with van der Waals surface area (Å²) in [5.41, 5.74) is 3.67. The molecule has 0 saturated heterocycles. The number of benzene rings is 1. The van der Waals surface area contributed by atoms with Gasteiger partial charge in [-0.1, -0.05) is 72.1 Å². The van der Waals surface area contributed by atoms with E-state index in [9.17, 15) is 14.7 Å². The third-order valence-corrected chi connectivity index (χ3v) is 12.6. The van der Waals surface area contributed by atoms with E-state index >= 15 is 0 Å². The number of hydrogen-bond acceptors (Lipinski definition) is 3. The predicted octanol–water partition coefficient (Wildman–Crippen LogP) is 9.99. The molecule has 4 aliphatic rings. The lowest BCUT2D eigenvalue weighted by atomic mass is 9.46. The molecule has 1 aromatic carbocycles. The average molecular weight is 575 g/mol. The summed E-state index contributed by atoms with van der Waals surface area (Å²) in [6.07, 6.45) is 16.3. The highest BCUT2D eigenvalue weighted by molar-refractivity contribution is 5.91. The van der Waals surface area contributed by atoms with Gasteiger partial charge in [0.15, 0.2) is 0 Å². The van der Waals surface area contributed by atoms with Crippen LogP contribution in [0.25, 0.3) is 0 Å². The maximum Gasteiger partial charge on any atom is 0.338 e. The highest BCUT2D eigenvalue weighted by Crippen LogP contribution is 2.68. The minimum absolute atomic E-state index is 0.117. The van der Waals surface area contributed by atoms with Crippen LogP contribution in [0.15, 0.2) is 42.0 Å². The number of carboxylic acid groups (broad SMARTS) is 1. The number of carboxylic acids is 1. The third-order valence-electron chi connectivity index (χ3n) is 12.6. The summed E-state index contributed by atoms with van der Waals surface area (Å²) >= 11 is 0. The molecular formula is C38H54O4. The van der Waals surface area contributed by atoms with Crippen molar-refractivity contribution in [3.63, 3.8) is 0 Å². The molecule has 0 bridgehead atoms. The number of aromatic carboxylic acids is 1. The lowest BCUT2D eigenvalue weighted by molar-refractivity contribution is -0.130. The van der Waals surface area contributed by atoms with Crippen LogP contribution >= 0.6 is 0 Å². The molecule has 0 aliphatic heterocycles. The highest BCUT2D eigenvalue weighted by Gasteiger charge is 2.59. The van der Waals surface area contributed by atoms with Gasteiger partial charge >= 0.3 is 11.9 Å². The van der Waals surface area contributed by atoms with E-state index in [1.54, 1.807) is 30.7 Å². The molecule has 0 heterocycles. The second kappa shape index (κ2) is 12.0. The summed E-state index contributed by atoms with van der Waals surface area (Å²) < 4.78 is 5.50. The quantitative estimate of drug-likeness (QED) is 0.138. The highest BCUT2D eigenvalue weighted by atomic mass is 16.5. The number of carbonyl (C=O) groups is 2. The van der Waals surface area contributed by atoms with Crippen molar-refractivity contribution in [2.24, 2.45) is 46.3 Å². The molecule has 230 valence electrons. The van der Waals surface area contributed by atoms with Gasteiger partial charge in [-0.05, 0) is 134 Å². The van der Waals surface area contributed by atoms with E-state index in [2.05, 4.69) is 47.3 Å². The largest absolute Gasteiger partial charge is 0.478 e. The first-order valence-corrected chi connectivity index (χ1v) is 16.8. The van der Waals surface area contributed by atoms with Crippen molar-refractivity contribution in [2.45, 2.75) is 118 Å². The van der Waals surface area contributed by atoms with E-state index in [1.807, 2.05) is 0 Å². The Hall–Kier alpha value is -2.36. The first-order chi connectivity index (χ1) is 19.8. The van der Waals surface area contributed by atoms with Gasteiger partial charge in [-0.15, -0.1) is 0 Å². The predicted molar refractivity (Wildman–Crippen MR) is 170 cm³/mol. The minimum Gasteiger partial charge on any atom is -0.478 e. The molecule has 0 aromatic heterocycles. The second-order valence-corrected chi connectivity index (χ2v) is 15.5. The average Bonchev–Trinajstić information content (AvgIpc) is 3.29. The van der Waals surface area contributed by atoms with Crippen molar-refractivity contribution in [3.8, 4) is 5.75 Å². The smallest absolute Gasteiger partial charge is 0.338 e. The number of hydrogen-bond donors (Lipinski definition) is 1. The van der Waals surface area contributed by atoms with Gasteiger partial charge in [-0.3, -0.25) is 0 Å². The standard InChI is InChI=1S/C38H54O4/c1-23(2)9-8-10-25(5)32-15-16-33-30-13-11-27-21-26(17-19-37(27,6)34(30)18-20-38(32,33)7)31-22-28(42-36(41)24(3)4)12-14-29(31)35(39)40/h11-12,14,22-23,25-26,30,32-34H,3,8-10,13,15-21H2,1-2,4-7H3,(H,39,40)/t25-,26+,30+,32-,33+,34+,37+,38-/m1/s1. The molecule has 0 unspecified atom stereocenters. The van der Waals surface area contributed by atoms with Crippen LogP contribution in [-0.2, 0) is 4.79 Å². The Morgan fingerprint density at radius 1 is 1.05 bits per heavy atom. The first-order valence-electron chi connectivity index (χ1n) is 16.8. The molecule has 4 aliphatic carbocycles. The zero-order valence-corrected chi connectivity index (χ0v) is 27.0. The Bertz CT molecular complexity index is 1240. The van der Waals surface area contributed by atoms with Gasteiger partial charge in [0.2, 0.25) is 0 Å². The zero-order chi connectivity index (χ0) is 30.4. The zero-order valence-electron chi connectivity index (χ0n) is 27.0. The Labute approximate surface area is 254 Å². The Morgan fingerprint density at radius 3 is 2.50 bits per heavy atom. The number of carbonyl (C=O) groups excluding carboxylic acids is 1. The second-order valence-electron chi connectivity index (χ2n) is 15.5. The van der Waals surface area contributed by atoms with E-state index in [4.69, 9.17) is 4.74 Å². The van der Waals surface area contributed by atoms with Crippen LogP contribution in [0.3, 0.4) is 0 Å². The molecule has 0 amide bonds. The lowest BCUT2D eigenvalue weighted by Gasteiger charge is -2.58. The summed E-state index contributed by atoms with van der Waals surface area (Å²) in [4.78, 5) is 24.4. The molecule has 1 N–H and O–H groups in total. The van der Waals surface area contributed by atoms with E-state index in [0.29, 0.717) is 22.3 Å². The monoisotopic (exact) mass is 574 g/mol. The fraction of sp³-hybridized carbons (Fsp3) is 0.684. The maximum atomic E-state index is 12.2. The van der Waals surface area contributed by atoms with Crippen molar-refractivity contribution in [3.05, 3.63) is 53.1 Å². The summed E-state index contributed by atoms with van der Waals surface area (Å²) in [6.45, 7) is 17.7. The van der Waals surface area contributed by atoms with Crippen LogP contribution in [0, 0.1) is 46.3 Å². The Balaban J connectivity index is 1.34. The Morgan fingerprint density at radius 2 is 1.81 bits per heavy atom. The van der Waals surface area contributed by atoms with E-state index in [1.165, 1.54) is 51.4 Å². The molecule has 4 nitrogen and oxygen atoms in total. The van der Waals surface area contributed by atoms with Crippen LogP contribution < -0.4 is 4.74 Å². The molecule has 8 atom stereocenters. The van der Waals surface area contributed by atoms with Gasteiger partial charge in [-0.25, -0.2) is 9.59 Å². The number of fused-ring (bicyclic) bond motifs is 5. The van der Waals surface area contributed by atoms with Crippen LogP contribution in [0.2, 0.25) is 0 Å². The maximum absolute atomic E-state index is 12.2. The Kier molecular flexibility index (Phi) is 8.85. The molecule has 5 rings (SSSR count). The van der Waals surface area contributed by atoms with Crippen molar-refractivity contribution in [1.82, 2.24) is 0 Å². The van der Waals surface area contributed by atoms with Crippen LogP contribution in [0.1, 0.15) is 134 Å². The van der Waals surface area contributed by atoms with Gasteiger partial charge in [-0.2, -0.15) is 0 Å². The summed E-state index contributed by atoms with van der Waals surface area (Å²) in [5, 5.41) is 10.0. The van der Waals surface area contributed by atoms with Crippen molar-refractivity contribution < 1.29 is 19.4 Å². The van der Waals surface area contributed by atoms with E-state index in [-0.39, 0.29) is 11.3 Å². The molecule has 0 spiro atoms. The van der Waals surface area contributed by atoms with Crippen molar-refractivity contribution >= 4 is 11.9 Å². The van der Waals surface area contributed by atoms with Crippen LogP contribution in [0.4, 0.5) is 0 Å². The fourth-order valence-electron chi connectivity index (χ4n) is 10.3. The van der Waals surface area contributed by atoms with E-state index in [0.717, 1.165) is 60.3 Å². The van der Waals surface area contributed by atoms with Crippen molar-refractivity contribution in [1.29, 1.82) is 0 Å². The van der Waals surface area contributed by atoms with Crippen molar-refractivity contribution in [2.75, 3.05) is 0 Å². The normalized spacial score (nSPS) is 34.5. The fourth-order valence-corrected chi connectivity index (χ4v) is 10.3. The number of esters is 1. The van der Waals surface area contributed by atoms with Gasteiger partial charge in [0, 0.05) is 5.57 Å². The minimum atomic E-state index is -0.922. The number of ether oxygens (including phenoxy) is 1. The molecule has 3 saturated carbocycles. The molecule has 3 fully saturated rings. The molecule has 42 heavy (non-hydrogen) atoms. The molecule has 4 heteroatoms. The van der Waals surface area contributed by atoms with Crippen LogP contribution in [-0.4, -0.2) is 17.0 Å². The topological polar surface area (TPSA) is 63.6 Å². The van der Waals surface area contributed by atoms with Gasteiger partial charge in [0.05, 0.1) is 5.56 Å².